The molecule has 1 unspecified atom stereocenters. The Balaban J connectivity index is 1.03. The first-order chi connectivity index (χ1) is 30.6. The molecule has 0 saturated heterocycles. The molecule has 2 nitrogen and oxygen atoms in total. The van der Waals surface area contributed by atoms with Gasteiger partial charge in [-0.1, -0.05) is 212 Å². The van der Waals surface area contributed by atoms with Crippen LogP contribution >= 0.6 is 0 Å². The number of nitrogens with zero attached hydrogens (tertiary/aromatic N) is 2. The highest BCUT2D eigenvalue weighted by molar-refractivity contribution is 6.27. The minimum absolute atomic E-state index is 0.308. The van der Waals surface area contributed by atoms with Crippen molar-refractivity contribution in [3.8, 4) is 67.3 Å². The first-order valence-corrected chi connectivity index (χ1v) is 21.4. The maximum Gasteiger partial charge on any atom is 0.160 e. The summed E-state index contributed by atoms with van der Waals surface area (Å²) in [6.07, 6.45) is 0. The van der Waals surface area contributed by atoms with Crippen LogP contribution in [0.3, 0.4) is 0 Å². The number of fused-ring (bicyclic) bond motifs is 7. The zero-order valence-electron chi connectivity index (χ0n) is 34.3. The van der Waals surface area contributed by atoms with E-state index in [9.17, 15) is 0 Å². The molecule has 1 heterocycles. The lowest BCUT2D eigenvalue weighted by Gasteiger charge is -2.28. The fraction of sp³-hybridized carbons (Fsp3) is 0.0333. The maximum atomic E-state index is 5.27. The summed E-state index contributed by atoms with van der Waals surface area (Å²) in [4.78, 5) is 10.5. The summed E-state index contributed by atoms with van der Waals surface area (Å²) in [6, 6.07) is 81.2. The van der Waals surface area contributed by atoms with Crippen LogP contribution in [0, 0.1) is 0 Å². The summed E-state index contributed by atoms with van der Waals surface area (Å²) in [6.45, 7) is 2.36. The fourth-order valence-corrected chi connectivity index (χ4v) is 10.2. The normalized spacial score (nSPS) is 14.3. The Morgan fingerprint density at radius 3 is 1.61 bits per heavy atom. The van der Waals surface area contributed by atoms with Crippen molar-refractivity contribution >= 4 is 32.3 Å². The van der Waals surface area contributed by atoms with Gasteiger partial charge in [0.05, 0.1) is 11.4 Å². The fourth-order valence-electron chi connectivity index (χ4n) is 10.2. The smallest absolute Gasteiger partial charge is 0.160 e. The van der Waals surface area contributed by atoms with E-state index < -0.39 is 0 Å². The van der Waals surface area contributed by atoms with Gasteiger partial charge in [0.1, 0.15) is 0 Å². The van der Waals surface area contributed by atoms with Gasteiger partial charge in [0, 0.05) is 22.1 Å². The van der Waals surface area contributed by atoms with Crippen molar-refractivity contribution < 1.29 is 0 Å². The highest BCUT2D eigenvalue weighted by atomic mass is 14.9. The first-order valence-electron chi connectivity index (χ1n) is 21.4. The Morgan fingerprint density at radius 2 is 0.871 bits per heavy atom. The van der Waals surface area contributed by atoms with Gasteiger partial charge in [-0.2, -0.15) is 0 Å². The number of hydrogen-bond donors (Lipinski definition) is 0. The predicted molar refractivity (Wildman–Crippen MR) is 259 cm³/mol. The molecule has 0 saturated carbocycles. The van der Waals surface area contributed by atoms with Gasteiger partial charge in [0.2, 0.25) is 0 Å². The van der Waals surface area contributed by atoms with Crippen molar-refractivity contribution in [1.29, 1.82) is 0 Å². The molecule has 0 amide bonds. The second-order valence-corrected chi connectivity index (χ2v) is 16.6. The summed E-state index contributed by atoms with van der Waals surface area (Å²) < 4.78 is 0. The largest absolute Gasteiger partial charge is 0.228 e. The van der Waals surface area contributed by atoms with Gasteiger partial charge in [-0.3, -0.25) is 0 Å². The minimum atomic E-state index is -0.308. The highest BCUT2D eigenvalue weighted by Crippen LogP contribution is 2.53. The van der Waals surface area contributed by atoms with Gasteiger partial charge in [-0.05, 0) is 101 Å². The van der Waals surface area contributed by atoms with E-state index >= 15 is 0 Å². The molecular formula is C60H40N2. The van der Waals surface area contributed by atoms with Crippen LogP contribution in [-0.2, 0) is 5.41 Å². The quantitative estimate of drug-likeness (QED) is 0.124. The van der Waals surface area contributed by atoms with Crippen molar-refractivity contribution in [2.24, 2.45) is 0 Å². The van der Waals surface area contributed by atoms with Crippen molar-refractivity contribution in [2.75, 3.05) is 0 Å². The third kappa shape index (κ3) is 5.65. The molecule has 0 radical (unpaired) electrons. The van der Waals surface area contributed by atoms with Crippen LogP contribution in [0.5, 0.6) is 0 Å². The van der Waals surface area contributed by atoms with Crippen LogP contribution in [0.15, 0.2) is 224 Å². The van der Waals surface area contributed by atoms with E-state index in [1.807, 2.05) is 6.07 Å². The molecule has 1 aromatic heterocycles. The first kappa shape index (κ1) is 36.0. The lowest BCUT2D eigenvalue weighted by molar-refractivity contribution is 0.714. The van der Waals surface area contributed by atoms with Gasteiger partial charge >= 0.3 is 0 Å². The Bertz CT molecular complexity index is 3500. The lowest BCUT2D eigenvalue weighted by Crippen LogP contribution is -2.22. The second-order valence-electron chi connectivity index (χ2n) is 16.6. The van der Waals surface area contributed by atoms with Crippen LogP contribution < -0.4 is 0 Å². The molecule has 0 N–H and O–H groups in total. The number of hydrogen-bond acceptors (Lipinski definition) is 2. The van der Waals surface area contributed by atoms with Crippen molar-refractivity contribution in [2.45, 2.75) is 12.3 Å². The molecule has 1 aliphatic carbocycles. The van der Waals surface area contributed by atoms with E-state index in [4.69, 9.17) is 9.97 Å². The number of rotatable bonds is 6. The molecule has 62 heavy (non-hydrogen) atoms. The van der Waals surface area contributed by atoms with Gasteiger partial charge < -0.3 is 0 Å². The van der Waals surface area contributed by atoms with Crippen molar-refractivity contribution in [1.82, 2.24) is 9.97 Å². The summed E-state index contributed by atoms with van der Waals surface area (Å²) >= 11 is 0. The highest BCUT2D eigenvalue weighted by Gasteiger charge is 2.40. The second kappa shape index (κ2) is 14.4. The number of benzene rings is 10. The Kier molecular flexibility index (Phi) is 8.33. The third-order valence-corrected chi connectivity index (χ3v) is 13.2. The average Bonchev–Trinajstić information content (AvgIpc) is 3.61. The zero-order chi connectivity index (χ0) is 41.2. The van der Waals surface area contributed by atoms with Crippen LogP contribution in [0.2, 0.25) is 0 Å². The van der Waals surface area contributed by atoms with E-state index in [1.54, 1.807) is 0 Å². The SMILES string of the molecule is CC1(c2ccccc2)c2ccccc2-c2ccc(-c3cc(-c4ccc(-c5c6ccccc6c(-c6ccccc6)c6c5ccc5ccccc56)cc4)nc(-c4ccccc4)n3)cc21. The van der Waals surface area contributed by atoms with E-state index in [0.717, 1.165) is 28.1 Å². The summed E-state index contributed by atoms with van der Waals surface area (Å²) in [7, 11) is 0. The molecule has 0 bridgehead atoms. The molecule has 0 aliphatic heterocycles. The molecule has 10 aromatic carbocycles. The zero-order valence-corrected chi connectivity index (χ0v) is 34.3. The topological polar surface area (TPSA) is 25.8 Å². The van der Waals surface area contributed by atoms with Gasteiger partial charge in [0.15, 0.2) is 5.82 Å². The van der Waals surface area contributed by atoms with E-state index in [0.29, 0.717) is 5.82 Å². The van der Waals surface area contributed by atoms with Gasteiger partial charge in [-0.25, -0.2) is 9.97 Å². The molecule has 1 atom stereocenters. The molecule has 11 aromatic rings. The third-order valence-electron chi connectivity index (χ3n) is 13.2. The van der Waals surface area contributed by atoms with Crippen molar-refractivity contribution in [3.63, 3.8) is 0 Å². The average molecular weight is 789 g/mol. The Morgan fingerprint density at radius 1 is 0.339 bits per heavy atom. The molecular weight excluding hydrogens is 749 g/mol. The standard InChI is InChI=1S/C60H40N2/c1-60(45-22-9-4-10-23-45)52-28-16-15-25-47(52)48-35-34-44(37-53(48)60)55-38-54(61-59(62-55)43-20-7-3-8-21-43)40-29-31-42(32-30-40)56-49-26-13-14-27-50(49)57(41-18-5-2-6-19-41)58-46-24-12-11-17-39(46)33-36-51(56)58/h2-38H,1H3. The van der Waals surface area contributed by atoms with Crippen LogP contribution in [-0.4, -0.2) is 9.97 Å². The summed E-state index contributed by atoms with van der Waals surface area (Å²) in [5.74, 6) is 0.706. The van der Waals surface area contributed by atoms with Crippen molar-refractivity contribution in [3.05, 3.63) is 241 Å². The van der Waals surface area contributed by atoms with E-state index in [1.165, 1.54) is 82.4 Å². The van der Waals surface area contributed by atoms with Gasteiger partial charge in [0.25, 0.3) is 0 Å². The Hall–Kier alpha value is -7.94. The predicted octanol–water partition coefficient (Wildman–Crippen LogP) is 15.6. The van der Waals surface area contributed by atoms with Gasteiger partial charge in [-0.15, -0.1) is 0 Å². The minimum Gasteiger partial charge on any atom is -0.228 e. The van der Waals surface area contributed by atoms with E-state index in [2.05, 4.69) is 225 Å². The van der Waals surface area contributed by atoms with E-state index in [-0.39, 0.29) is 5.41 Å². The molecule has 0 fully saturated rings. The molecule has 1 aliphatic rings. The summed E-state index contributed by atoms with van der Waals surface area (Å²) in [5.41, 5.74) is 15.9. The van der Waals surface area contributed by atoms with Crippen LogP contribution in [0.4, 0.5) is 0 Å². The molecule has 0 spiro atoms. The number of aromatic nitrogens is 2. The monoisotopic (exact) mass is 788 g/mol. The lowest BCUT2D eigenvalue weighted by atomic mass is 9.74. The van der Waals surface area contributed by atoms with Crippen LogP contribution in [0.25, 0.3) is 99.6 Å². The molecule has 290 valence electrons. The molecule has 12 rings (SSSR count). The van der Waals surface area contributed by atoms with Crippen LogP contribution in [0.1, 0.15) is 23.6 Å². The molecule has 2 heteroatoms. The Labute approximate surface area is 361 Å². The maximum absolute atomic E-state index is 5.27. The summed E-state index contributed by atoms with van der Waals surface area (Å²) in [5, 5.41) is 7.50.